The van der Waals surface area contributed by atoms with Gasteiger partial charge >= 0.3 is 6.18 Å². The lowest BCUT2D eigenvalue weighted by molar-refractivity contribution is -0.138. The normalized spacial score (nSPS) is 13.6. The third-order valence-electron chi connectivity index (χ3n) is 2.67. The lowest BCUT2D eigenvalue weighted by Crippen LogP contribution is -2.19. The second-order valence-corrected chi connectivity index (χ2v) is 4.47. The zero-order valence-electron chi connectivity index (χ0n) is 10.6. The van der Waals surface area contributed by atoms with Crippen molar-refractivity contribution in [3.05, 3.63) is 35.1 Å². The lowest BCUT2D eigenvalue weighted by atomic mass is 10.1. The summed E-state index contributed by atoms with van der Waals surface area (Å²) in [7, 11) is 0. The quantitative estimate of drug-likeness (QED) is 0.619. The predicted octanol–water partition coefficient (Wildman–Crippen LogP) is 3.10. The highest BCUT2D eigenvalue weighted by Gasteiger charge is 2.33. The third-order valence-corrected chi connectivity index (χ3v) is 2.67. The molecule has 0 aromatic heterocycles. The second-order valence-electron chi connectivity index (χ2n) is 4.47. The molecule has 0 spiro atoms. The highest BCUT2D eigenvalue weighted by molar-refractivity contribution is 5.30. The molecule has 0 aliphatic rings. The second kappa shape index (κ2) is 6.86. The van der Waals surface area contributed by atoms with Gasteiger partial charge < -0.3 is 10.4 Å². The number of halogens is 4. The minimum Gasteiger partial charge on any atom is -0.393 e. The van der Waals surface area contributed by atoms with Gasteiger partial charge in [-0.1, -0.05) is 6.07 Å². The number of hydrogen-bond donors (Lipinski definition) is 2. The van der Waals surface area contributed by atoms with E-state index in [1.807, 2.05) is 0 Å². The van der Waals surface area contributed by atoms with Gasteiger partial charge in [0, 0.05) is 6.54 Å². The molecule has 0 aliphatic heterocycles. The highest BCUT2D eigenvalue weighted by Crippen LogP contribution is 2.32. The van der Waals surface area contributed by atoms with E-state index in [2.05, 4.69) is 5.32 Å². The van der Waals surface area contributed by atoms with Crippen molar-refractivity contribution in [1.29, 1.82) is 0 Å². The van der Waals surface area contributed by atoms with Gasteiger partial charge in [0.15, 0.2) is 0 Å². The molecule has 1 rings (SSSR count). The van der Waals surface area contributed by atoms with E-state index >= 15 is 0 Å². The first kappa shape index (κ1) is 15.9. The summed E-state index contributed by atoms with van der Waals surface area (Å²) in [5.74, 6) is -0.898. The first-order chi connectivity index (χ1) is 8.80. The summed E-state index contributed by atoms with van der Waals surface area (Å²) in [6.07, 6.45) is -3.72. The Labute approximate surface area is 109 Å². The summed E-state index contributed by atoms with van der Waals surface area (Å²) < 4.78 is 50.9. The van der Waals surface area contributed by atoms with Crippen LogP contribution in [0.2, 0.25) is 0 Å². The van der Waals surface area contributed by atoms with Gasteiger partial charge in [-0.25, -0.2) is 4.39 Å². The Morgan fingerprint density at radius 1 is 1.32 bits per heavy atom. The van der Waals surface area contributed by atoms with Crippen LogP contribution in [-0.2, 0) is 12.7 Å². The van der Waals surface area contributed by atoms with Crippen LogP contribution in [-0.4, -0.2) is 17.8 Å². The average molecular weight is 279 g/mol. The number of benzene rings is 1. The number of aliphatic hydroxyl groups is 1. The Morgan fingerprint density at radius 3 is 2.58 bits per heavy atom. The lowest BCUT2D eigenvalue weighted by Gasteiger charge is -2.13. The molecule has 1 unspecified atom stereocenters. The SMILES string of the molecule is CC(O)CCCNCc1ccc(F)cc1C(F)(F)F. The van der Waals surface area contributed by atoms with Crippen molar-refractivity contribution in [3.8, 4) is 0 Å². The van der Waals surface area contributed by atoms with Crippen LogP contribution in [0, 0.1) is 5.82 Å². The molecule has 19 heavy (non-hydrogen) atoms. The van der Waals surface area contributed by atoms with E-state index in [9.17, 15) is 17.6 Å². The summed E-state index contributed by atoms with van der Waals surface area (Å²) in [6.45, 7) is 2.18. The topological polar surface area (TPSA) is 32.3 Å². The highest BCUT2D eigenvalue weighted by atomic mass is 19.4. The van der Waals surface area contributed by atoms with Crippen LogP contribution in [0.25, 0.3) is 0 Å². The number of rotatable bonds is 6. The van der Waals surface area contributed by atoms with Crippen molar-refractivity contribution in [2.45, 2.75) is 38.6 Å². The standard InChI is InChI=1S/C13H17F4NO/c1-9(19)3-2-6-18-8-10-4-5-11(14)7-12(10)13(15,16)17/h4-5,7,9,18-19H,2-3,6,8H2,1H3. The molecule has 0 saturated carbocycles. The Bertz CT molecular complexity index is 404. The van der Waals surface area contributed by atoms with Gasteiger partial charge in [0.2, 0.25) is 0 Å². The largest absolute Gasteiger partial charge is 0.416 e. The minimum absolute atomic E-state index is 0.0194. The smallest absolute Gasteiger partial charge is 0.393 e. The van der Waals surface area contributed by atoms with Crippen molar-refractivity contribution in [2.24, 2.45) is 0 Å². The van der Waals surface area contributed by atoms with E-state index in [1.54, 1.807) is 6.92 Å². The number of hydrogen-bond acceptors (Lipinski definition) is 2. The number of aliphatic hydroxyl groups excluding tert-OH is 1. The van der Waals surface area contributed by atoms with Gasteiger partial charge in [0.1, 0.15) is 5.82 Å². The van der Waals surface area contributed by atoms with E-state index in [4.69, 9.17) is 5.11 Å². The summed E-state index contributed by atoms with van der Waals surface area (Å²) in [5.41, 5.74) is -0.929. The fourth-order valence-electron chi connectivity index (χ4n) is 1.71. The van der Waals surface area contributed by atoms with Crippen LogP contribution in [0.15, 0.2) is 18.2 Å². The van der Waals surface area contributed by atoms with E-state index < -0.39 is 23.7 Å². The minimum atomic E-state index is -4.56. The van der Waals surface area contributed by atoms with E-state index in [0.29, 0.717) is 25.5 Å². The zero-order valence-corrected chi connectivity index (χ0v) is 10.6. The predicted molar refractivity (Wildman–Crippen MR) is 64.0 cm³/mol. The Morgan fingerprint density at radius 2 is 2.00 bits per heavy atom. The third kappa shape index (κ3) is 5.57. The molecular formula is C13H17F4NO. The molecule has 0 bridgehead atoms. The fraction of sp³-hybridized carbons (Fsp3) is 0.538. The molecule has 0 heterocycles. The first-order valence-corrected chi connectivity index (χ1v) is 6.05. The van der Waals surface area contributed by atoms with Gasteiger partial charge in [-0.15, -0.1) is 0 Å². The molecule has 0 amide bonds. The Balaban J connectivity index is 2.58. The van der Waals surface area contributed by atoms with Gasteiger partial charge in [-0.05, 0) is 44.0 Å². The average Bonchev–Trinajstić information content (AvgIpc) is 2.28. The summed E-state index contributed by atoms with van der Waals surface area (Å²) in [5, 5.41) is 11.9. The van der Waals surface area contributed by atoms with E-state index in [1.165, 1.54) is 0 Å². The van der Waals surface area contributed by atoms with Crippen LogP contribution in [0.4, 0.5) is 17.6 Å². The summed E-state index contributed by atoms with van der Waals surface area (Å²) in [6, 6.07) is 2.66. The number of nitrogens with one attached hydrogen (secondary N) is 1. The molecule has 108 valence electrons. The molecule has 1 atom stereocenters. The molecule has 2 N–H and O–H groups in total. The maximum absolute atomic E-state index is 12.9. The van der Waals surface area contributed by atoms with Crippen molar-refractivity contribution in [3.63, 3.8) is 0 Å². The van der Waals surface area contributed by atoms with Crippen molar-refractivity contribution in [1.82, 2.24) is 5.32 Å². The van der Waals surface area contributed by atoms with Crippen molar-refractivity contribution >= 4 is 0 Å². The molecule has 1 aromatic carbocycles. The molecule has 0 fully saturated rings. The van der Waals surface area contributed by atoms with Gasteiger partial charge in [-0.3, -0.25) is 0 Å². The van der Waals surface area contributed by atoms with Crippen LogP contribution >= 0.6 is 0 Å². The maximum Gasteiger partial charge on any atom is 0.416 e. The molecule has 1 aromatic rings. The van der Waals surface area contributed by atoms with Crippen LogP contribution in [0.5, 0.6) is 0 Å². The maximum atomic E-state index is 12.9. The van der Waals surface area contributed by atoms with Crippen LogP contribution in [0.1, 0.15) is 30.9 Å². The molecule has 2 nitrogen and oxygen atoms in total. The van der Waals surface area contributed by atoms with Gasteiger partial charge in [-0.2, -0.15) is 13.2 Å². The molecule has 0 radical (unpaired) electrons. The van der Waals surface area contributed by atoms with Crippen molar-refractivity contribution < 1.29 is 22.7 Å². The van der Waals surface area contributed by atoms with Gasteiger partial charge in [0.25, 0.3) is 0 Å². The first-order valence-electron chi connectivity index (χ1n) is 6.05. The van der Waals surface area contributed by atoms with Crippen molar-refractivity contribution in [2.75, 3.05) is 6.54 Å². The monoisotopic (exact) mass is 279 g/mol. The van der Waals surface area contributed by atoms with Crippen LogP contribution in [0.3, 0.4) is 0 Å². The molecule has 6 heteroatoms. The van der Waals surface area contributed by atoms with Gasteiger partial charge in [0.05, 0.1) is 11.7 Å². The molecular weight excluding hydrogens is 262 g/mol. The number of alkyl halides is 3. The van der Waals surface area contributed by atoms with Crippen LogP contribution < -0.4 is 5.32 Å². The summed E-state index contributed by atoms with van der Waals surface area (Å²) in [4.78, 5) is 0. The fourth-order valence-corrected chi connectivity index (χ4v) is 1.71. The van der Waals surface area contributed by atoms with E-state index in [-0.39, 0.29) is 12.1 Å². The van der Waals surface area contributed by atoms with E-state index in [0.717, 1.165) is 12.1 Å². The Hall–Kier alpha value is -1.14. The Kier molecular flexibility index (Phi) is 5.75. The molecule has 0 saturated heterocycles. The molecule has 0 aliphatic carbocycles. The summed E-state index contributed by atoms with van der Waals surface area (Å²) >= 11 is 0. The zero-order chi connectivity index (χ0) is 14.5.